The molecular formula is C18H26ClN3O4S. The summed E-state index contributed by atoms with van der Waals surface area (Å²) in [6.07, 6.45) is 3.02. The maximum Gasteiger partial charge on any atom is 0.254 e. The summed E-state index contributed by atoms with van der Waals surface area (Å²) >= 11 is 0. The van der Waals surface area contributed by atoms with Gasteiger partial charge in [-0.25, -0.2) is 8.42 Å². The Balaban J connectivity index is 0.00000210. The SMILES string of the molecule is Cl.O=C(c1ccc(S(=O)(=O)N2CCC3CCC(C2)N3)cc1)N1CCOCC1. The number of benzene rings is 1. The normalized spacial score (nSPS) is 26.3. The zero-order valence-corrected chi connectivity index (χ0v) is 16.8. The van der Waals surface area contributed by atoms with Crippen LogP contribution in [0.15, 0.2) is 29.2 Å². The van der Waals surface area contributed by atoms with Crippen molar-refractivity contribution in [3.63, 3.8) is 0 Å². The molecule has 9 heteroatoms. The molecule has 2 bridgehead atoms. The second kappa shape index (κ2) is 8.45. The fourth-order valence-corrected chi connectivity index (χ4v) is 5.50. The van der Waals surface area contributed by atoms with E-state index in [1.54, 1.807) is 33.5 Å². The van der Waals surface area contributed by atoms with Crippen LogP contribution in [-0.2, 0) is 14.8 Å². The number of fused-ring (bicyclic) bond motifs is 2. The third kappa shape index (κ3) is 4.30. The van der Waals surface area contributed by atoms with Crippen molar-refractivity contribution in [1.82, 2.24) is 14.5 Å². The van der Waals surface area contributed by atoms with Crippen molar-refractivity contribution in [2.45, 2.75) is 36.2 Å². The number of halogens is 1. The van der Waals surface area contributed by atoms with Crippen molar-refractivity contribution < 1.29 is 17.9 Å². The Hall–Kier alpha value is -1.19. The Morgan fingerprint density at radius 2 is 1.67 bits per heavy atom. The minimum absolute atomic E-state index is 0. The summed E-state index contributed by atoms with van der Waals surface area (Å²) in [5.41, 5.74) is 0.516. The van der Waals surface area contributed by atoms with Gasteiger partial charge in [0, 0.05) is 43.8 Å². The van der Waals surface area contributed by atoms with E-state index >= 15 is 0 Å². The Labute approximate surface area is 166 Å². The van der Waals surface area contributed by atoms with Gasteiger partial charge in [0.25, 0.3) is 5.91 Å². The summed E-state index contributed by atoms with van der Waals surface area (Å²) in [5, 5.41) is 3.50. The number of ether oxygens (including phenoxy) is 1. The van der Waals surface area contributed by atoms with Gasteiger partial charge in [0.1, 0.15) is 0 Å². The Kier molecular flexibility index (Phi) is 6.43. The predicted octanol–water partition coefficient (Wildman–Crippen LogP) is 1.10. The molecule has 27 heavy (non-hydrogen) atoms. The fraction of sp³-hybridized carbons (Fsp3) is 0.611. The molecule has 0 aromatic heterocycles. The van der Waals surface area contributed by atoms with Crippen LogP contribution in [0.25, 0.3) is 0 Å². The molecule has 1 amide bonds. The molecule has 1 N–H and O–H groups in total. The molecule has 0 radical (unpaired) electrons. The molecule has 0 spiro atoms. The van der Waals surface area contributed by atoms with Crippen LogP contribution in [0, 0.1) is 0 Å². The van der Waals surface area contributed by atoms with Gasteiger partial charge in [0.15, 0.2) is 0 Å². The zero-order chi connectivity index (χ0) is 18.1. The number of carbonyl (C=O) groups is 1. The highest BCUT2D eigenvalue weighted by Crippen LogP contribution is 2.25. The highest BCUT2D eigenvalue weighted by Gasteiger charge is 2.35. The molecule has 3 fully saturated rings. The number of nitrogens with one attached hydrogen (secondary N) is 1. The highest BCUT2D eigenvalue weighted by molar-refractivity contribution is 7.89. The zero-order valence-electron chi connectivity index (χ0n) is 15.2. The summed E-state index contributed by atoms with van der Waals surface area (Å²) in [5.74, 6) is -0.0754. The van der Waals surface area contributed by atoms with Gasteiger partial charge in [0.2, 0.25) is 10.0 Å². The second-order valence-electron chi connectivity index (χ2n) is 7.22. The van der Waals surface area contributed by atoms with E-state index in [0.717, 1.165) is 19.3 Å². The molecule has 3 heterocycles. The van der Waals surface area contributed by atoms with Gasteiger partial charge < -0.3 is 15.0 Å². The van der Waals surface area contributed by atoms with Crippen LogP contribution in [-0.4, -0.2) is 75.0 Å². The maximum absolute atomic E-state index is 13.0. The Bertz CT molecular complexity index is 765. The lowest BCUT2D eigenvalue weighted by atomic mass is 10.1. The number of nitrogens with zero attached hydrogens (tertiary/aromatic N) is 2. The van der Waals surface area contributed by atoms with E-state index in [2.05, 4.69) is 5.32 Å². The van der Waals surface area contributed by atoms with Crippen molar-refractivity contribution in [2.75, 3.05) is 39.4 Å². The number of morpholine rings is 1. The van der Waals surface area contributed by atoms with E-state index < -0.39 is 10.0 Å². The van der Waals surface area contributed by atoms with Gasteiger partial charge in [-0.15, -0.1) is 12.4 Å². The predicted molar refractivity (Wildman–Crippen MR) is 104 cm³/mol. The molecule has 3 aliphatic heterocycles. The van der Waals surface area contributed by atoms with Crippen molar-refractivity contribution in [2.24, 2.45) is 0 Å². The summed E-state index contributed by atoms with van der Waals surface area (Å²) in [6, 6.07) is 7.03. The van der Waals surface area contributed by atoms with Crippen LogP contribution in [0.1, 0.15) is 29.6 Å². The lowest BCUT2D eigenvalue weighted by molar-refractivity contribution is 0.0303. The van der Waals surface area contributed by atoms with Gasteiger partial charge >= 0.3 is 0 Å². The van der Waals surface area contributed by atoms with E-state index in [-0.39, 0.29) is 29.3 Å². The standard InChI is InChI=1S/C18H25N3O4S.ClH/c22-18(20-9-11-25-12-10-20)14-1-5-17(6-2-14)26(23,24)21-8-7-15-3-4-16(13-21)19-15;/h1-2,5-6,15-16,19H,3-4,7-13H2;1H. The van der Waals surface area contributed by atoms with Crippen LogP contribution in [0.2, 0.25) is 0 Å². The van der Waals surface area contributed by atoms with Crippen molar-refractivity contribution in [3.8, 4) is 0 Å². The molecule has 1 aromatic carbocycles. The van der Waals surface area contributed by atoms with Crippen molar-refractivity contribution in [1.29, 1.82) is 0 Å². The molecule has 0 aliphatic carbocycles. The lowest BCUT2D eigenvalue weighted by Crippen LogP contribution is -2.40. The van der Waals surface area contributed by atoms with E-state index in [1.807, 2.05) is 0 Å². The van der Waals surface area contributed by atoms with Crippen LogP contribution < -0.4 is 5.32 Å². The van der Waals surface area contributed by atoms with Crippen LogP contribution in [0.3, 0.4) is 0 Å². The topological polar surface area (TPSA) is 79.0 Å². The largest absolute Gasteiger partial charge is 0.378 e. The van der Waals surface area contributed by atoms with Crippen molar-refractivity contribution in [3.05, 3.63) is 29.8 Å². The van der Waals surface area contributed by atoms with Gasteiger partial charge in [-0.1, -0.05) is 0 Å². The smallest absolute Gasteiger partial charge is 0.254 e. The average Bonchev–Trinajstić information content (AvgIpc) is 3.00. The summed E-state index contributed by atoms with van der Waals surface area (Å²) in [6.45, 7) is 3.30. The van der Waals surface area contributed by atoms with E-state index in [0.29, 0.717) is 51.0 Å². The molecule has 3 saturated heterocycles. The first-order valence-corrected chi connectivity index (χ1v) is 10.7. The molecule has 2 unspecified atom stereocenters. The Morgan fingerprint density at radius 1 is 1.00 bits per heavy atom. The van der Waals surface area contributed by atoms with Crippen LogP contribution in [0.4, 0.5) is 0 Å². The number of rotatable bonds is 3. The van der Waals surface area contributed by atoms with Crippen LogP contribution in [0.5, 0.6) is 0 Å². The molecular weight excluding hydrogens is 390 g/mol. The first kappa shape index (κ1) is 20.5. The quantitative estimate of drug-likeness (QED) is 0.799. The van der Waals surface area contributed by atoms with Gasteiger partial charge in [0.05, 0.1) is 18.1 Å². The molecule has 4 rings (SSSR count). The van der Waals surface area contributed by atoms with E-state index in [9.17, 15) is 13.2 Å². The molecule has 2 atom stereocenters. The third-order valence-electron chi connectivity index (χ3n) is 5.52. The monoisotopic (exact) mass is 415 g/mol. The van der Waals surface area contributed by atoms with Gasteiger partial charge in [-0.2, -0.15) is 4.31 Å². The minimum Gasteiger partial charge on any atom is -0.378 e. The number of sulfonamides is 1. The maximum atomic E-state index is 13.0. The van der Waals surface area contributed by atoms with Crippen LogP contribution >= 0.6 is 12.4 Å². The third-order valence-corrected chi connectivity index (χ3v) is 7.40. The molecule has 1 aromatic rings. The highest BCUT2D eigenvalue weighted by atomic mass is 35.5. The van der Waals surface area contributed by atoms with Gasteiger partial charge in [-0.05, 0) is 43.5 Å². The van der Waals surface area contributed by atoms with E-state index in [1.165, 1.54) is 0 Å². The van der Waals surface area contributed by atoms with E-state index in [4.69, 9.17) is 4.74 Å². The molecule has 150 valence electrons. The molecule has 3 aliphatic rings. The molecule has 7 nitrogen and oxygen atoms in total. The number of amides is 1. The van der Waals surface area contributed by atoms with Crippen molar-refractivity contribution >= 4 is 28.3 Å². The number of hydrogen-bond acceptors (Lipinski definition) is 5. The first-order chi connectivity index (χ1) is 12.5. The number of hydrogen-bond donors (Lipinski definition) is 1. The number of carbonyl (C=O) groups excluding carboxylic acids is 1. The average molecular weight is 416 g/mol. The summed E-state index contributed by atoms with van der Waals surface area (Å²) in [7, 11) is -3.53. The second-order valence-corrected chi connectivity index (χ2v) is 9.16. The fourth-order valence-electron chi connectivity index (χ4n) is 4.00. The minimum atomic E-state index is -3.53. The summed E-state index contributed by atoms with van der Waals surface area (Å²) < 4.78 is 32.8. The Morgan fingerprint density at radius 3 is 2.37 bits per heavy atom. The lowest BCUT2D eigenvalue weighted by Gasteiger charge is -2.27. The van der Waals surface area contributed by atoms with Gasteiger partial charge in [-0.3, -0.25) is 4.79 Å². The molecule has 0 saturated carbocycles. The summed E-state index contributed by atoms with van der Waals surface area (Å²) in [4.78, 5) is 14.5. The first-order valence-electron chi connectivity index (χ1n) is 9.27.